The average Bonchev–Trinajstić information content (AvgIpc) is 2.90. The number of hydrogen-bond acceptors (Lipinski definition) is 4. The summed E-state index contributed by atoms with van der Waals surface area (Å²) in [5.41, 5.74) is 1.35. The zero-order valence-electron chi connectivity index (χ0n) is 11.6. The SMILES string of the molecule is CCC(NC)c1nnc(CCCc2ccccc2)o1. The number of rotatable bonds is 7. The van der Waals surface area contributed by atoms with E-state index in [0.717, 1.165) is 31.6 Å². The molecule has 0 amide bonds. The number of nitrogens with one attached hydrogen (secondary N) is 1. The van der Waals surface area contributed by atoms with Crippen molar-refractivity contribution in [1.29, 1.82) is 0 Å². The van der Waals surface area contributed by atoms with Gasteiger partial charge in [0.05, 0.1) is 6.04 Å². The first-order valence-electron chi connectivity index (χ1n) is 6.87. The number of nitrogens with zero attached hydrogens (tertiary/aromatic N) is 2. The summed E-state index contributed by atoms with van der Waals surface area (Å²) in [6, 6.07) is 10.6. The van der Waals surface area contributed by atoms with Crippen molar-refractivity contribution < 1.29 is 4.42 Å². The van der Waals surface area contributed by atoms with Crippen molar-refractivity contribution in [3.8, 4) is 0 Å². The third kappa shape index (κ3) is 3.89. The Morgan fingerprint density at radius 2 is 1.95 bits per heavy atom. The topological polar surface area (TPSA) is 51.0 Å². The van der Waals surface area contributed by atoms with Gasteiger partial charge in [-0.25, -0.2) is 0 Å². The molecule has 102 valence electrons. The quantitative estimate of drug-likeness (QED) is 0.830. The minimum absolute atomic E-state index is 0.162. The summed E-state index contributed by atoms with van der Waals surface area (Å²) in [7, 11) is 1.91. The van der Waals surface area contributed by atoms with E-state index in [2.05, 4.69) is 46.7 Å². The van der Waals surface area contributed by atoms with Crippen LogP contribution in [0.4, 0.5) is 0 Å². The fourth-order valence-electron chi connectivity index (χ4n) is 2.10. The lowest BCUT2D eigenvalue weighted by Crippen LogP contribution is -2.15. The van der Waals surface area contributed by atoms with Gasteiger partial charge in [-0.2, -0.15) is 0 Å². The van der Waals surface area contributed by atoms with Crippen molar-refractivity contribution in [3.05, 3.63) is 47.7 Å². The van der Waals surface area contributed by atoms with Gasteiger partial charge in [0.1, 0.15) is 0 Å². The predicted octanol–water partition coefficient (Wildman–Crippen LogP) is 2.92. The molecule has 1 N–H and O–H groups in total. The van der Waals surface area contributed by atoms with E-state index in [4.69, 9.17) is 4.42 Å². The van der Waals surface area contributed by atoms with E-state index in [-0.39, 0.29) is 6.04 Å². The van der Waals surface area contributed by atoms with E-state index >= 15 is 0 Å². The molecular formula is C15H21N3O. The lowest BCUT2D eigenvalue weighted by atomic mass is 10.1. The molecule has 0 bridgehead atoms. The van der Waals surface area contributed by atoms with Crippen LogP contribution in [0.2, 0.25) is 0 Å². The molecule has 2 rings (SSSR count). The molecule has 0 aliphatic rings. The molecule has 4 heteroatoms. The third-order valence-electron chi connectivity index (χ3n) is 3.24. The highest BCUT2D eigenvalue weighted by atomic mass is 16.4. The summed E-state index contributed by atoms with van der Waals surface area (Å²) in [6.45, 7) is 2.10. The van der Waals surface area contributed by atoms with E-state index in [0.29, 0.717) is 5.89 Å². The van der Waals surface area contributed by atoms with E-state index in [1.807, 2.05) is 13.1 Å². The van der Waals surface area contributed by atoms with Gasteiger partial charge in [0.15, 0.2) is 0 Å². The maximum Gasteiger partial charge on any atom is 0.233 e. The molecule has 2 aromatic rings. The number of aromatic nitrogens is 2. The molecule has 1 heterocycles. The fourth-order valence-corrected chi connectivity index (χ4v) is 2.10. The molecule has 0 aliphatic heterocycles. The molecule has 0 saturated carbocycles. The van der Waals surface area contributed by atoms with E-state index < -0.39 is 0 Å². The Morgan fingerprint density at radius 1 is 1.16 bits per heavy atom. The minimum atomic E-state index is 0.162. The van der Waals surface area contributed by atoms with E-state index in [1.165, 1.54) is 5.56 Å². The van der Waals surface area contributed by atoms with Gasteiger partial charge in [0.25, 0.3) is 0 Å². The Labute approximate surface area is 114 Å². The first kappa shape index (κ1) is 13.7. The molecule has 19 heavy (non-hydrogen) atoms. The van der Waals surface area contributed by atoms with Gasteiger partial charge in [0.2, 0.25) is 11.8 Å². The van der Waals surface area contributed by atoms with Gasteiger partial charge >= 0.3 is 0 Å². The average molecular weight is 259 g/mol. The van der Waals surface area contributed by atoms with Crippen molar-refractivity contribution in [3.63, 3.8) is 0 Å². The highest BCUT2D eigenvalue weighted by Crippen LogP contribution is 2.15. The molecule has 0 spiro atoms. The fraction of sp³-hybridized carbons (Fsp3) is 0.467. The largest absolute Gasteiger partial charge is 0.424 e. The second-order valence-electron chi connectivity index (χ2n) is 4.62. The summed E-state index contributed by atoms with van der Waals surface area (Å²) in [5, 5.41) is 11.4. The Hall–Kier alpha value is -1.68. The van der Waals surface area contributed by atoms with Gasteiger partial charge in [-0.15, -0.1) is 10.2 Å². The lowest BCUT2D eigenvalue weighted by molar-refractivity contribution is 0.384. The smallest absolute Gasteiger partial charge is 0.233 e. The summed E-state index contributed by atoms with van der Waals surface area (Å²) in [5.74, 6) is 1.43. The Morgan fingerprint density at radius 3 is 2.63 bits per heavy atom. The summed E-state index contributed by atoms with van der Waals surface area (Å²) in [6.07, 6.45) is 3.86. The number of benzene rings is 1. The second kappa shape index (κ2) is 7.04. The number of aryl methyl sites for hydroxylation is 2. The summed E-state index contributed by atoms with van der Waals surface area (Å²) < 4.78 is 5.68. The van der Waals surface area contributed by atoms with E-state index in [9.17, 15) is 0 Å². The van der Waals surface area contributed by atoms with Gasteiger partial charge in [-0.05, 0) is 31.9 Å². The molecule has 1 aromatic carbocycles. The molecular weight excluding hydrogens is 238 g/mol. The molecule has 0 fully saturated rings. The monoisotopic (exact) mass is 259 g/mol. The second-order valence-corrected chi connectivity index (χ2v) is 4.62. The summed E-state index contributed by atoms with van der Waals surface area (Å²) in [4.78, 5) is 0. The molecule has 0 aliphatic carbocycles. The minimum Gasteiger partial charge on any atom is -0.424 e. The summed E-state index contributed by atoms with van der Waals surface area (Å²) >= 11 is 0. The van der Waals surface area contributed by atoms with Crippen LogP contribution < -0.4 is 5.32 Å². The van der Waals surface area contributed by atoms with Crippen LogP contribution >= 0.6 is 0 Å². The van der Waals surface area contributed by atoms with Crippen molar-refractivity contribution in [2.75, 3.05) is 7.05 Å². The standard InChI is InChI=1S/C15H21N3O/c1-3-13(16-2)15-18-17-14(19-15)11-7-10-12-8-5-4-6-9-12/h4-6,8-9,13,16H,3,7,10-11H2,1-2H3. The van der Waals surface area contributed by atoms with Crippen LogP contribution in [-0.4, -0.2) is 17.2 Å². The maximum atomic E-state index is 5.68. The van der Waals surface area contributed by atoms with Gasteiger partial charge in [0, 0.05) is 6.42 Å². The van der Waals surface area contributed by atoms with Crippen LogP contribution in [0.15, 0.2) is 34.7 Å². The normalized spacial score (nSPS) is 12.5. The van der Waals surface area contributed by atoms with Gasteiger partial charge in [-0.3, -0.25) is 0 Å². The van der Waals surface area contributed by atoms with Crippen LogP contribution in [0.3, 0.4) is 0 Å². The molecule has 0 saturated heterocycles. The predicted molar refractivity (Wildman–Crippen MR) is 74.9 cm³/mol. The van der Waals surface area contributed by atoms with Crippen molar-refractivity contribution in [2.45, 2.75) is 38.6 Å². The van der Waals surface area contributed by atoms with Crippen LogP contribution in [0.5, 0.6) is 0 Å². The lowest BCUT2D eigenvalue weighted by Gasteiger charge is -2.07. The zero-order chi connectivity index (χ0) is 13.5. The molecule has 1 aromatic heterocycles. The Kier molecular flexibility index (Phi) is 5.10. The number of hydrogen-bond donors (Lipinski definition) is 1. The van der Waals surface area contributed by atoms with Crippen molar-refractivity contribution in [1.82, 2.24) is 15.5 Å². The molecule has 1 atom stereocenters. The highest BCUT2D eigenvalue weighted by Gasteiger charge is 2.14. The Bertz CT molecular complexity index is 477. The van der Waals surface area contributed by atoms with Gasteiger partial charge < -0.3 is 9.73 Å². The van der Waals surface area contributed by atoms with Crippen LogP contribution in [0.1, 0.15) is 43.2 Å². The molecule has 1 unspecified atom stereocenters. The van der Waals surface area contributed by atoms with Gasteiger partial charge in [-0.1, -0.05) is 37.3 Å². The van der Waals surface area contributed by atoms with Crippen LogP contribution in [0.25, 0.3) is 0 Å². The van der Waals surface area contributed by atoms with Crippen LogP contribution in [-0.2, 0) is 12.8 Å². The first-order chi connectivity index (χ1) is 9.33. The van der Waals surface area contributed by atoms with Crippen molar-refractivity contribution in [2.24, 2.45) is 0 Å². The maximum absolute atomic E-state index is 5.68. The third-order valence-corrected chi connectivity index (χ3v) is 3.24. The molecule has 0 radical (unpaired) electrons. The Balaban J connectivity index is 1.83. The van der Waals surface area contributed by atoms with Crippen LogP contribution in [0, 0.1) is 0 Å². The zero-order valence-corrected chi connectivity index (χ0v) is 11.6. The molecule has 4 nitrogen and oxygen atoms in total. The highest BCUT2D eigenvalue weighted by molar-refractivity contribution is 5.14. The van der Waals surface area contributed by atoms with Crippen molar-refractivity contribution >= 4 is 0 Å². The van der Waals surface area contributed by atoms with E-state index in [1.54, 1.807) is 0 Å². The first-order valence-corrected chi connectivity index (χ1v) is 6.87.